The zero-order valence-corrected chi connectivity index (χ0v) is 25.0. The van der Waals surface area contributed by atoms with Crippen LogP contribution in [0.2, 0.25) is 5.02 Å². The number of aliphatic hydroxyl groups excluding tert-OH is 1. The summed E-state index contributed by atoms with van der Waals surface area (Å²) in [5.41, 5.74) is -0.754. The quantitative estimate of drug-likeness (QED) is 0.357. The van der Waals surface area contributed by atoms with Crippen LogP contribution < -0.4 is 10.6 Å². The summed E-state index contributed by atoms with van der Waals surface area (Å²) in [6.45, 7) is 8.31. The second kappa shape index (κ2) is 11.6. The lowest BCUT2D eigenvalue weighted by atomic mass is 10.0. The molecule has 7 nitrogen and oxygen atoms in total. The second-order valence-electron chi connectivity index (χ2n) is 10.5. The fraction of sp³-hybridized carbons (Fsp3) is 0.464. The highest BCUT2D eigenvalue weighted by Crippen LogP contribution is 2.49. The van der Waals surface area contributed by atoms with Crippen LogP contribution in [-0.4, -0.2) is 62.5 Å². The molecule has 1 aromatic carbocycles. The van der Waals surface area contributed by atoms with Crippen molar-refractivity contribution in [1.82, 2.24) is 14.5 Å². The number of piperazine rings is 1. The molecule has 6 rings (SSSR count). The van der Waals surface area contributed by atoms with Crippen molar-refractivity contribution in [2.75, 3.05) is 23.7 Å². The second-order valence-corrected chi connectivity index (χ2v) is 13.0. The third kappa shape index (κ3) is 6.02. The minimum atomic E-state index is -4.64. The molecule has 1 amide bonds. The highest BCUT2D eigenvalue weighted by Gasteiger charge is 2.39. The van der Waals surface area contributed by atoms with E-state index >= 15 is 0 Å². The summed E-state index contributed by atoms with van der Waals surface area (Å²) in [4.78, 5) is 34.3. The predicted molar refractivity (Wildman–Crippen MR) is 158 cm³/mol. The highest BCUT2D eigenvalue weighted by atomic mass is 35.5. The smallest absolute Gasteiger partial charge is 0.393 e. The normalized spacial score (nSPS) is 20.9. The van der Waals surface area contributed by atoms with Gasteiger partial charge in [0.15, 0.2) is 0 Å². The summed E-state index contributed by atoms with van der Waals surface area (Å²) in [6.07, 6.45) is -0.598. The summed E-state index contributed by atoms with van der Waals surface area (Å²) in [5, 5.41) is 10.4. The number of aromatic nitrogens is 2. The van der Waals surface area contributed by atoms with E-state index in [9.17, 15) is 22.8 Å². The molecule has 2 aliphatic heterocycles. The first-order chi connectivity index (χ1) is 19.4. The number of alkyl halides is 3. The van der Waals surface area contributed by atoms with Crippen LogP contribution in [0.25, 0.3) is 21.3 Å². The van der Waals surface area contributed by atoms with Gasteiger partial charge < -0.3 is 14.9 Å². The third-order valence-corrected chi connectivity index (χ3v) is 9.76. The predicted octanol–water partition coefficient (Wildman–Crippen LogP) is 6.05. The molecule has 1 aliphatic carbocycles. The van der Waals surface area contributed by atoms with E-state index in [2.05, 4.69) is 11.6 Å². The Hall–Kier alpha value is -2.54. The monoisotopic (exact) mass is 626 g/mol. The Bertz CT molecular complexity index is 1540. The van der Waals surface area contributed by atoms with E-state index in [0.717, 1.165) is 30.2 Å². The molecule has 1 saturated heterocycles. The summed E-state index contributed by atoms with van der Waals surface area (Å²) in [5.74, 6) is 0.566. The third-order valence-electron chi connectivity index (χ3n) is 7.28. The van der Waals surface area contributed by atoms with Gasteiger partial charge in [0.25, 0.3) is 0 Å². The van der Waals surface area contributed by atoms with Gasteiger partial charge in [-0.05, 0) is 57.1 Å². The van der Waals surface area contributed by atoms with E-state index in [1.807, 2.05) is 18.7 Å². The number of amides is 1. The van der Waals surface area contributed by atoms with Gasteiger partial charge in [-0.25, -0.2) is 4.79 Å². The fourth-order valence-corrected chi connectivity index (χ4v) is 7.80. The van der Waals surface area contributed by atoms with Crippen molar-refractivity contribution < 1.29 is 23.1 Å². The van der Waals surface area contributed by atoms with Gasteiger partial charge in [0, 0.05) is 57.8 Å². The van der Waals surface area contributed by atoms with Gasteiger partial charge in [0.05, 0.1) is 22.2 Å². The lowest BCUT2D eigenvalue weighted by Gasteiger charge is -2.44. The van der Waals surface area contributed by atoms with Gasteiger partial charge in [-0.15, -0.1) is 23.1 Å². The Morgan fingerprint density at radius 3 is 2.41 bits per heavy atom. The number of hydrogen-bond acceptors (Lipinski definition) is 7. The number of aliphatic hydroxyl groups is 1. The van der Waals surface area contributed by atoms with E-state index in [-0.39, 0.29) is 40.9 Å². The Morgan fingerprint density at radius 1 is 1.22 bits per heavy atom. The van der Waals surface area contributed by atoms with Crippen LogP contribution in [0.15, 0.2) is 39.9 Å². The van der Waals surface area contributed by atoms with Gasteiger partial charge in [0.1, 0.15) is 5.82 Å². The average Bonchev–Trinajstić information content (AvgIpc) is 3.63. The van der Waals surface area contributed by atoms with Crippen molar-refractivity contribution >= 4 is 57.3 Å². The molecule has 2 fully saturated rings. The molecule has 1 unspecified atom stereocenters. The van der Waals surface area contributed by atoms with Gasteiger partial charge in [-0.1, -0.05) is 18.2 Å². The largest absolute Gasteiger partial charge is 0.417 e. The molecule has 4 heterocycles. The minimum absolute atomic E-state index is 0.0530. The molecular weight excluding hydrogens is 597 g/mol. The molecule has 2 atom stereocenters. The van der Waals surface area contributed by atoms with Crippen LogP contribution in [0.3, 0.4) is 0 Å². The Morgan fingerprint density at radius 2 is 1.88 bits per heavy atom. The molecule has 3 aromatic rings. The topological polar surface area (TPSA) is 78.7 Å². The van der Waals surface area contributed by atoms with Crippen molar-refractivity contribution in [1.29, 1.82) is 0 Å². The number of thioether (sulfide) groups is 1. The van der Waals surface area contributed by atoms with E-state index in [4.69, 9.17) is 16.7 Å². The number of anilines is 1. The Kier molecular flexibility index (Phi) is 8.48. The van der Waals surface area contributed by atoms with Gasteiger partial charge in [-0.2, -0.15) is 18.2 Å². The molecule has 220 valence electrons. The number of aryl methyl sites for hydroxylation is 1. The van der Waals surface area contributed by atoms with E-state index < -0.39 is 17.4 Å². The van der Waals surface area contributed by atoms with Gasteiger partial charge in [0.2, 0.25) is 5.91 Å². The average molecular weight is 627 g/mol. The zero-order valence-electron chi connectivity index (χ0n) is 22.6. The molecule has 41 heavy (non-hydrogen) atoms. The maximum atomic E-state index is 14.6. The molecule has 0 radical (unpaired) electrons. The number of carbonyl (C=O) groups excluding carboxylic acids is 1. The molecule has 1 N–H and O–H groups in total. The lowest BCUT2D eigenvalue weighted by Crippen LogP contribution is -2.58. The summed E-state index contributed by atoms with van der Waals surface area (Å²) >= 11 is 8.58. The van der Waals surface area contributed by atoms with Crippen LogP contribution >= 0.6 is 34.7 Å². The molecule has 1 saturated carbocycles. The molecular formula is C28H30ClF3N4O3S2. The number of rotatable bonds is 3. The summed E-state index contributed by atoms with van der Waals surface area (Å²) < 4.78 is 45.2. The van der Waals surface area contributed by atoms with Crippen LogP contribution in [0, 0.1) is 0 Å². The first-order valence-corrected chi connectivity index (χ1v) is 15.6. The van der Waals surface area contributed by atoms with Crippen molar-refractivity contribution in [3.05, 3.63) is 51.2 Å². The number of halogens is 4. The number of benzene rings is 1. The zero-order chi connectivity index (χ0) is 29.6. The minimum Gasteiger partial charge on any atom is -0.393 e. The van der Waals surface area contributed by atoms with E-state index in [1.54, 1.807) is 10.3 Å². The molecule has 0 bridgehead atoms. The first kappa shape index (κ1) is 29.9. The lowest BCUT2D eigenvalue weighted by molar-refractivity contribution is -0.137. The van der Waals surface area contributed by atoms with Gasteiger partial charge >= 0.3 is 11.9 Å². The van der Waals surface area contributed by atoms with Crippen molar-refractivity contribution in [3.63, 3.8) is 0 Å². The first-order valence-electron chi connectivity index (χ1n) is 13.3. The van der Waals surface area contributed by atoms with Crippen molar-refractivity contribution in [2.24, 2.45) is 0 Å². The van der Waals surface area contributed by atoms with Crippen molar-refractivity contribution in [3.8, 4) is 10.4 Å². The van der Waals surface area contributed by atoms with E-state index in [0.29, 0.717) is 52.1 Å². The number of nitrogens with zero attached hydrogens (tertiary/aromatic N) is 4. The SMILES string of the molecule is C=CC(=O)N1C(C)CN(c2nc(=O)n3c4c(c(-c5cc(Cl)cs5)c(C(F)(F)F)cc24)SCCC3)C[C@@H]1C.OC1CC1. The Balaban J connectivity index is 0.000000777. The summed E-state index contributed by atoms with van der Waals surface area (Å²) in [6, 6.07) is 2.15. The maximum Gasteiger partial charge on any atom is 0.417 e. The number of hydrogen-bond donors (Lipinski definition) is 1. The van der Waals surface area contributed by atoms with Crippen molar-refractivity contribution in [2.45, 2.75) is 68.9 Å². The molecule has 13 heteroatoms. The number of thiophene rings is 1. The number of carbonyl (C=O) groups is 1. The molecule has 2 aromatic heterocycles. The van der Waals surface area contributed by atoms with Crippen LogP contribution in [0.5, 0.6) is 0 Å². The highest BCUT2D eigenvalue weighted by molar-refractivity contribution is 7.99. The standard InChI is InChI=1S/C25H24ClF3N4O2S2.C3H6O/c1-4-19(34)33-13(2)10-31(11-14(33)3)23-16-9-17(25(27,28)29)20(18-8-15(26)12-37-18)22-21(16)32(24(35)30-23)6-5-7-36-22;4-3-1-2-3/h4,8-9,12-14H,1,5-7,10-11H2,2-3H3;3-4H,1-2H2/t13-,14?;/m0./s1. The van der Waals surface area contributed by atoms with Crippen LogP contribution in [0.1, 0.15) is 38.7 Å². The van der Waals surface area contributed by atoms with E-state index in [1.165, 1.54) is 28.5 Å². The molecule has 3 aliphatic rings. The van der Waals surface area contributed by atoms with Crippen LogP contribution in [-0.2, 0) is 17.5 Å². The fourth-order valence-electron chi connectivity index (χ4n) is 5.40. The maximum absolute atomic E-state index is 14.6. The van der Waals surface area contributed by atoms with Gasteiger partial charge in [-0.3, -0.25) is 9.36 Å². The summed E-state index contributed by atoms with van der Waals surface area (Å²) in [7, 11) is 0. The van der Waals surface area contributed by atoms with Crippen LogP contribution in [0.4, 0.5) is 19.0 Å². The molecule has 0 spiro atoms. The Labute approximate surface area is 248 Å².